The van der Waals surface area contributed by atoms with E-state index in [-0.39, 0.29) is 30.2 Å². The summed E-state index contributed by atoms with van der Waals surface area (Å²) < 4.78 is 0. The molecule has 8 heteroatoms. The second kappa shape index (κ2) is 11.5. The van der Waals surface area contributed by atoms with Crippen LogP contribution in [-0.2, 0) is 16.1 Å². The van der Waals surface area contributed by atoms with Gasteiger partial charge >= 0.3 is 0 Å². The van der Waals surface area contributed by atoms with E-state index in [9.17, 15) is 9.59 Å². The number of carbonyl (C=O) groups is 2. The van der Waals surface area contributed by atoms with Crippen LogP contribution in [0.2, 0.25) is 15.1 Å². The van der Waals surface area contributed by atoms with Crippen LogP contribution in [0.15, 0.2) is 47.4 Å². The van der Waals surface area contributed by atoms with Crippen molar-refractivity contribution in [2.45, 2.75) is 56.1 Å². The van der Waals surface area contributed by atoms with Crippen LogP contribution >= 0.6 is 46.6 Å². The summed E-state index contributed by atoms with van der Waals surface area (Å²) in [5.74, 6) is -0.0738. The minimum absolute atomic E-state index is 0.137. The maximum atomic E-state index is 13.2. The first kappa shape index (κ1) is 24.2. The summed E-state index contributed by atoms with van der Waals surface area (Å²) in [6, 6.07) is 12.1. The van der Waals surface area contributed by atoms with Gasteiger partial charge in [-0.25, -0.2) is 0 Å². The number of carbonyl (C=O) groups excluding carboxylic acids is 2. The van der Waals surface area contributed by atoms with Gasteiger partial charge in [-0.05, 0) is 61.7 Å². The first-order valence-corrected chi connectivity index (χ1v) is 12.4. The van der Waals surface area contributed by atoms with E-state index in [0.29, 0.717) is 15.1 Å². The van der Waals surface area contributed by atoms with Crippen molar-refractivity contribution in [2.24, 2.45) is 0 Å². The van der Waals surface area contributed by atoms with Crippen LogP contribution in [0.1, 0.15) is 38.2 Å². The Hall–Kier alpha value is -1.40. The van der Waals surface area contributed by atoms with Crippen molar-refractivity contribution in [1.82, 2.24) is 10.2 Å². The third-order valence-electron chi connectivity index (χ3n) is 5.40. The third-order valence-corrected chi connectivity index (χ3v) is 7.24. The van der Waals surface area contributed by atoms with Crippen LogP contribution in [0.25, 0.3) is 0 Å². The lowest BCUT2D eigenvalue weighted by Gasteiger charge is -2.30. The van der Waals surface area contributed by atoms with Gasteiger partial charge in [-0.1, -0.05) is 53.7 Å². The van der Waals surface area contributed by atoms with Crippen LogP contribution in [0.4, 0.5) is 0 Å². The third kappa shape index (κ3) is 7.04. The van der Waals surface area contributed by atoms with Crippen LogP contribution in [0, 0.1) is 0 Å². The fourth-order valence-corrected chi connectivity index (χ4v) is 4.95. The van der Waals surface area contributed by atoms with Crippen LogP contribution in [0.3, 0.4) is 0 Å². The summed E-state index contributed by atoms with van der Waals surface area (Å²) in [5, 5.41) is 4.74. The molecule has 0 spiro atoms. The first-order valence-electron chi connectivity index (χ1n) is 10.3. The van der Waals surface area contributed by atoms with Crippen molar-refractivity contribution >= 4 is 58.4 Å². The Morgan fingerprint density at radius 1 is 1.06 bits per heavy atom. The Morgan fingerprint density at radius 2 is 1.71 bits per heavy atom. The fraction of sp³-hybridized carbons (Fsp3) is 0.391. The van der Waals surface area contributed by atoms with Gasteiger partial charge in [0.1, 0.15) is 6.04 Å². The molecule has 0 saturated heterocycles. The zero-order chi connectivity index (χ0) is 22.4. The topological polar surface area (TPSA) is 49.4 Å². The minimum Gasteiger partial charge on any atom is -0.352 e. The molecule has 0 unspecified atom stereocenters. The number of thioether (sulfide) groups is 1. The second-order valence-electron chi connectivity index (χ2n) is 7.67. The van der Waals surface area contributed by atoms with E-state index < -0.39 is 6.04 Å². The Labute approximate surface area is 202 Å². The molecule has 1 aliphatic carbocycles. The number of rotatable bonds is 8. The molecule has 1 N–H and O–H groups in total. The Kier molecular flexibility index (Phi) is 8.96. The molecular formula is C23H25Cl3N2O2S. The van der Waals surface area contributed by atoms with E-state index in [2.05, 4.69) is 5.32 Å². The normalized spacial score (nSPS) is 15.0. The smallest absolute Gasteiger partial charge is 0.242 e. The molecule has 0 bridgehead atoms. The number of benzene rings is 2. The van der Waals surface area contributed by atoms with Crippen molar-refractivity contribution in [3.63, 3.8) is 0 Å². The molecule has 2 aromatic rings. The van der Waals surface area contributed by atoms with Gasteiger partial charge in [-0.15, -0.1) is 11.8 Å². The van der Waals surface area contributed by atoms with E-state index in [1.165, 1.54) is 11.8 Å². The standard InChI is InChI=1S/C23H25Cl3N2O2S/c1-15(23(30)27-19-4-2-3-5-19)28(13-16-6-7-18(25)12-21(16)26)22(29)14-31-20-10-8-17(24)9-11-20/h6-12,15,19H,2-5,13-14H2,1H3,(H,27,30)/t15-/m0/s1. The minimum atomic E-state index is -0.620. The highest BCUT2D eigenvalue weighted by molar-refractivity contribution is 8.00. The van der Waals surface area contributed by atoms with Gasteiger partial charge < -0.3 is 10.2 Å². The van der Waals surface area contributed by atoms with E-state index in [4.69, 9.17) is 34.8 Å². The monoisotopic (exact) mass is 498 g/mol. The van der Waals surface area contributed by atoms with Crippen molar-refractivity contribution in [1.29, 1.82) is 0 Å². The maximum absolute atomic E-state index is 13.2. The molecule has 3 rings (SSSR count). The molecule has 4 nitrogen and oxygen atoms in total. The summed E-state index contributed by atoms with van der Waals surface area (Å²) in [5.41, 5.74) is 0.747. The summed E-state index contributed by atoms with van der Waals surface area (Å²) >= 11 is 19.7. The maximum Gasteiger partial charge on any atom is 0.242 e. The van der Waals surface area contributed by atoms with Crippen LogP contribution in [0.5, 0.6) is 0 Å². The molecule has 0 aromatic heterocycles. The van der Waals surface area contributed by atoms with Gasteiger partial charge in [0.2, 0.25) is 11.8 Å². The van der Waals surface area contributed by atoms with E-state index in [1.54, 1.807) is 42.2 Å². The molecule has 2 aromatic carbocycles. The molecule has 1 aliphatic rings. The number of amides is 2. The highest BCUT2D eigenvalue weighted by atomic mass is 35.5. The van der Waals surface area contributed by atoms with Crippen molar-refractivity contribution in [3.8, 4) is 0 Å². The van der Waals surface area contributed by atoms with Gasteiger partial charge in [0, 0.05) is 32.5 Å². The average molecular weight is 500 g/mol. The number of nitrogens with zero attached hydrogens (tertiary/aromatic N) is 1. The summed E-state index contributed by atoms with van der Waals surface area (Å²) in [6.07, 6.45) is 4.23. The van der Waals surface area contributed by atoms with Crippen molar-refractivity contribution in [3.05, 3.63) is 63.1 Å². The van der Waals surface area contributed by atoms with Gasteiger partial charge in [0.05, 0.1) is 5.75 Å². The predicted molar refractivity (Wildman–Crippen MR) is 129 cm³/mol. The average Bonchev–Trinajstić information content (AvgIpc) is 3.25. The molecule has 2 amide bonds. The Morgan fingerprint density at radius 3 is 2.35 bits per heavy atom. The SMILES string of the molecule is C[C@@H](C(=O)NC1CCCC1)N(Cc1ccc(Cl)cc1Cl)C(=O)CSc1ccc(Cl)cc1. The largest absolute Gasteiger partial charge is 0.352 e. The number of nitrogens with one attached hydrogen (secondary N) is 1. The lowest BCUT2D eigenvalue weighted by molar-refractivity contribution is -0.138. The molecule has 1 fully saturated rings. The molecule has 166 valence electrons. The molecule has 1 atom stereocenters. The van der Waals surface area contributed by atoms with Gasteiger partial charge in [0.25, 0.3) is 0 Å². The molecule has 1 saturated carbocycles. The second-order valence-corrected chi connectivity index (χ2v) is 9.99. The Bertz CT molecular complexity index is 918. The van der Waals surface area contributed by atoms with Gasteiger partial charge in [0.15, 0.2) is 0 Å². The van der Waals surface area contributed by atoms with Crippen LogP contribution < -0.4 is 5.32 Å². The predicted octanol–water partition coefficient (Wildman–Crippen LogP) is 6.22. The molecular weight excluding hydrogens is 475 g/mol. The lowest BCUT2D eigenvalue weighted by Crippen LogP contribution is -2.50. The quantitative estimate of drug-likeness (QED) is 0.439. The molecule has 0 radical (unpaired) electrons. The van der Waals surface area contributed by atoms with E-state index >= 15 is 0 Å². The van der Waals surface area contributed by atoms with Crippen LogP contribution in [-0.4, -0.2) is 34.6 Å². The number of halogens is 3. The highest BCUT2D eigenvalue weighted by Gasteiger charge is 2.28. The molecule has 31 heavy (non-hydrogen) atoms. The summed E-state index contributed by atoms with van der Waals surface area (Å²) in [7, 11) is 0. The van der Waals surface area contributed by atoms with E-state index in [0.717, 1.165) is 36.1 Å². The summed E-state index contributed by atoms with van der Waals surface area (Å²) in [6.45, 7) is 1.99. The van der Waals surface area contributed by atoms with Gasteiger partial charge in [-0.2, -0.15) is 0 Å². The first-order chi connectivity index (χ1) is 14.8. The number of hydrogen-bond donors (Lipinski definition) is 1. The highest BCUT2D eigenvalue weighted by Crippen LogP contribution is 2.25. The zero-order valence-electron chi connectivity index (χ0n) is 17.2. The van der Waals surface area contributed by atoms with Crippen molar-refractivity contribution in [2.75, 3.05) is 5.75 Å². The van der Waals surface area contributed by atoms with Crippen molar-refractivity contribution < 1.29 is 9.59 Å². The van der Waals surface area contributed by atoms with Gasteiger partial charge in [-0.3, -0.25) is 9.59 Å². The Balaban J connectivity index is 1.73. The van der Waals surface area contributed by atoms with E-state index in [1.807, 2.05) is 12.1 Å². The molecule has 0 aliphatic heterocycles. The lowest BCUT2D eigenvalue weighted by atomic mass is 10.1. The fourth-order valence-electron chi connectivity index (χ4n) is 3.57. The summed E-state index contributed by atoms with van der Waals surface area (Å²) in [4.78, 5) is 28.6. The number of hydrogen-bond acceptors (Lipinski definition) is 3. The zero-order valence-corrected chi connectivity index (χ0v) is 20.3. The molecule has 0 heterocycles.